The Bertz CT molecular complexity index is 658. The van der Waals surface area contributed by atoms with Crippen LogP contribution in [0.1, 0.15) is 11.1 Å². The van der Waals surface area contributed by atoms with Gasteiger partial charge in [0.2, 0.25) is 0 Å². The lowest BCUT2D eigenvalue weighted by molar-refractivity contribution is 0.414. The predicted octanol–water partition coefficient (Wildman–Crippen LogP) is 4.24. The molecule has 0 fully saturated rings. The zero-order valence-corrected chi connectivity index (χ0v) is 11.5. The molecule has 2 aromatic rings. The lowest BCUT2D eigenvalue weighted by Gasteiger charge is -2.22. The Morgan fingerprint density at radius 1 is 1.00 bits per heavy atom. The van der Waals surface area contributed by atoms with Crippen LogP contribution in [0.3, 0.4) is 0 Å². The van der Waals surface area contributed by atoms with Crippen molar-refractivity contribution < 1.29 is 4.74 Å². The third-order valence-corrected chi connectivity index (χ3v) is 3.39. The van der Waals surface area contributed by atoms with Crippen LogP contribution in [0.4, 0.5) is 5.69 Å². The van der Waals surface area contributed by atoms with Crippen molar-refractivity contribution in [1.29, 1.82) is 0 Å². The quantitative estimate of drug-likeness (QED) is 0.821. The van der Waals surface area contributed by atoms with Crippen molar-refractivity contribution in [3.05, 3.63) is 78.0 Å². The Labute approximate surface area is 119 Å². The highest BCUT2D eigenvalue weighted by atomic mass is 16.5. The van der Waals surface area contributed by atoms with Gasteiger partial charge in [0.1, 0.15) is 5.75 Å². The molecule has 0 N–H and O–H groups in total. The number of allylic oxidation sites excluding steroid dienone is 2. The largest absolute Gasteiger partial charge is 0.497 e. The fraction of sp³-hybridized carbons (Fsp3) is 0.111. The number of benzene rings is 2. The number of methoxy groups -OCH3 is 1. The summed E-state index contributed by atoms with van der Waals surface area (Å²) in [6.45, 7) is 0.826. The number of nitrogens with zero attached hydrogens (tertiary/aromatic N) is 1. The minimum Gasteiger partial charge on any atom is -0.497 e. The third-order valence-electron chi connectivity index (χ3n) is 3.39. The van der Waals surface area contributed by atoms with E-state index in [4.69, 9.17) is 4.74 Å². The van der Waals surface area contributed by atoms with Crippen LogP contribution >= 0.6 is 0 Å². The van der Waals surface area contributed by atoms with Gasteiger partial charge < -0.3 is 9.64 Å². The number of para-hydroxylation sites is 1. The van der Waals surface area contributed by atoms with Gasteiger partial charge in [-0.2, -0.15) is 0 Å². The normalized spacial score (nSPS) is 12.9. The molecule has 0 aliphatic carbocycles. The van der Waals surface area contributed by atoms with Crippen LogP contribution in [0, 0.1) is 0 Å². The van der Waals surface area contributed by atoms with Crippen molar-refractivity contribution in [2.24, 2.45) is 0 Å². The number of hydrogen-bond donors (Lipinski definition) is 0. The van der Waals surface area contributed by atoms with Crippen molar-refractivity contribution in [1.82, 2.24) is 0 Å². The van der Waals surface area contributed by atoms with Crippen LogP contribution in [-0.2, 0) is 6.54 Å². The molecule has 1 heterocycles. The van der Waals surface area contributed by atoms with E-state index in [2.05, 4.69) is 65.7 Å². The van der Waals surface area contributed by atoms with Gasteiger partial charge in [0, 0.05) is 18.4 Å². The summed E-state index contributed by atoms with van der Waals surface area (Å²) in [6.07, 6.45) is 8.39. The summed E-state index contributed by atoms with van der Waals surface area (Å²) in [5.74, 6) is 0.896. The molecule has 2 aromatic carbocycles. The summed E-state index contributed by atoms with van der Waals surface area (Å²) >= 11 is 0. The van der Waals surface area contributed by atoms with Crippen molar-refractivity contribution in [2.45, 2.75) is 6.54 Å². The van der Waals surface area contributed by atoms with Crippen LogP contribution in [0.15, 0.2) is 66.9 Å². The smallest absolute Gasteiger partial charge is 0.119 e. The average molecular weight is 263 g/mol. The topological polar surface area (TPSA) is 12.5 Å². The number of hydrogen-bond acceptors (Lipinski definition) is 2. The first-order valence-electron chi connectivity index (χ1n) is 6.70. The first-order chi connectivity index (χ1) is 9.86. The van der Waals surface area contributed by atoms with Crippen LogP contribution < -0.4 is 9.64 Å². The molecule has 0 aromatic heterocycles. The lowest BCUT2D eigenvalue weighted by Crippen LogP contribution is -2.15. The van der Waals surface area contributed by atoms with E-state index in [0.29, 0.717) is 0 Å². The van der Waals surface area contributed by atoms with Gasteiger partial charge in [0.25, 0.3) is 0 Å². The van der Waals surface area contributed by atoms with Gasteiger partial charge >= 0.3 is 0 Å². The molecule has 100 valence electrons. The summed E-state index contributed by atoms with van der Waals surface area (Å²) < 4.78 is 5.29. The predicted molar refractivity (Wildman–Crippen MR) is 83.8 cm³/mol. The highest BCUT2D eigenvalue weighted by Gasteiger charge is 2.09. The van der Waals surface area contributed by atoms with Gasteiger partial charge in [0.15, 0.2) is 0 Å². The molecule has 0 unspecified atom stereocenters. The Kier molecular flexibility index (Phi) is 3.55. The molecule has 0 saturated heterocycles. The Balaban J connectivity index is 1.91. The van der Waals surface area contributed by atoms with Gasteiger partial charge in [-0.05, 0) is 35.4 Å². The number of fused-ring (bicyclic) bond motifs is 1. The highest BCUT2D eigenvalue weighted by molar-refractivity contribution is 5.71. The maximum atomic E-state index is 5.29. The number of rotatable bonds is 3. The maximum Gasteiger partial charge on any atom is 0.119 e. The molecular weight excluding hydrogens is 246 g/mol. The fourth-order valence-electron chi connectivity index (χ4n) is 2.39. The lowest BCUT2D eigenvalue weighted by atomic mass is 10.1. The molecule has 0 atom stereocenters. The van der Waals surface area contributed by atoms with Gasteiger partial charge in [0.05, 0.1) is 7.11 Å². The summed E-state index contributed by atoms with van der Waals surface area (Å²) in [5.41, 5.74) is 3.69. The second kappa shape index (κ2) is 5.66. The second-order valence-corrected chi connectivity index (χ2v) is 4.74. The van der Waals surface area contributed by atoms with Crippen molar-refractivity contribution in [3.8, 4) is 5.75 Å². The van der Waals surface area contributed by atoms with Crippen LogP contribution in [0.2, 0.25) is 0 Å². The van der Waals surface area contributed by atoms with Gasteiger partial charge in [-0.3, -0.25) is 0 Å². The molecule has 0 amide bonds. The first kappa shape index (κ1) is 12.5. The van der Waals surface area contributed by atoms with Crippen LogP contribution in [0.25, 0.3) is 6.08 Å². The molecule has 0 bridgehead atoms. The van der Waals surface area contributed by atoms with Crippen molar-refractivity contribution >= 4 is 11.8 Å². The third kappa shape index (κ3) is 2.59. The summed E-state index contributed by atoms with van der Waals surface area (Å²) in [4.78, 5) is 2.25. The van der Waals surface area contributed by atoms with E-state index in [1.54, 1.807) is 7.11 Å². The van der Waals surface area contributed by atoms with Gasteiger partial charge in [-0.25, -0.2) is 0 Å². The van der Waals surface area contributed by atoms with Crippen molar-refractivity contribution in [3.63, 3.8) is 0 Å². The zero-order valence-electron chi connectivity index (χ0n) is 11.5. The molecule has 1 aliphatic rings. The number of ether oxygens (including phenoxy) is 1. The highest BCUT2D eigenvalue weighted by Crippen LogP contribution is 2.26. The molecule has 0 saturated carbocycles. The second-order valence-electron chi connectivity index (χ2n) is 4.74. The van der Waals surface area contributed by atoms with E-state index < -0.39 is 0 Å². The van der Waals surface area contributed by atoms with E-state index in [1.807, 2.05) is 12.1 Å². The maximum absolute atomic E-state index is 5.29. The summed E-state index contributed by atoms with van der Waals surface area (Å²) in [6, 6.07) is 16.6. The SMILES string of the molecule is COc1cccc(CN2C=CC=Cc3ccccc32)c1. The van der Waals surface area contributed by atoms with Gasteiger partial charge in [-0.1, -0.05) is 42.5 Å². The van der Waals surface area contributed by atoms with E-state index in [-0.39, 0.29) is 0 Å². The van der Waals surface area contributed by atoms with Gasteiger partial charge in [-0.15, -0.1) is 0 Å². The van der Waals surface area contributed by atoms with E-state index >= 15 is 0 Å². The Morgan fingerprint density at radius 2 is 1.90 bits per heavy atom. The Hall–Kier alpha value is -2.48. The molecule has 20 heavy (non-hydrogen) atoms. The Morgan fingerprint density at radius 3 is 2.80 bits per heavy atom. The average Bonchev–Trinajstić information content (AvgIpc) is 2.70. The number of anilines is 1. The fourth-order valence-corrected chi connectivity index (χ4v) is 2.39. The van der Waals surface area contributed by atoms with Crippen LogP contribution in [-0.4, -0.2) is 7.11 Å². The molecule has 0 spiro atoms. The van der Waals surface area contributed by atoms with E-state index in [0.717, 1.165) is 12.3 Å². The molecule has 0 radical (unpaired) electrons. The monoisotopic (exact) mass is 263 g/mol. The summed E-state index contributed by atoms with van der Waals surface area (Å²) in [5, 5.41) is 0. The summed E-state index contributed by atoms with van der Waals surface area (Å²) in [7, 11) is 1.70. The minimum atomic E-state index is 0.826. The minimum absolute atomic E-state index is 0.826. The molecular formula is C18H17NO. The molecule has 3 rings (SSSR count). The first-order valence-corrected chi connectivity index (χ1v) is 6.70. The van der Waals surface area contributed by atoms with E-state index in [1.165, 1.54) is 16.8 Å². The van der Waals surface area contributed by atoms with E-state index in [9.17, 15) is 0 Å². The van der Waals surface area contributed by atoms with Crippen LogP contribution in [0.5, 0.6) is 5.75 Å². The zero-order chi connectivity index (χ0) is 13.8. The molecule has 1 aliphatic heterocycles. The van der Waals surface area contributed by atoms with Crippen molar-refractivity contribution in [2.75, 3.05) is 12.0 Å². The standard InChI is InChI=1S/C18H17NO/c1-20-17-10-6-7-15(13-17)14-19-12-5-4-9-16-8-2-3-11-18(16)19/h2-13H,14H2,1H3. The molecule has 2 nitrogen and oxygen atoms in total. The molecule has 2 heteroatoms.